The molecular weight excluding hydrogens is 391 g/mol. The predicted molar refractivity (Wildman–Crippen MR) is 97.5 cm³/mol. The number of amides is 3. The molecule has 0 bridgehead atoms. The Morgan fingerprint density at radius 3 is 2.48 bits per heavy atom. The number of primary amides is 1. The molecule has 11 heteroatoms. The van der Waals surface area contributed by atoms with E-state index < -0.39 is 35.3 Å². The minimum Gasteiger partial charge on any atom is -0.369 e. The number of anilines is 1. The molecule has 1 aromatic carbocycles. The van der Waals surface area contributed by atoms with Crippen molar-refractivity contribution in [2.75, 3.05) is 18.4 Å². The monoisotopic (exact) mass is 411 g/mol. The van der Waals surface area contributed by atoms with Crippen molar-refractivity contribution in [2.24, 2.45) is 16.6 Å². The van der Waals surface area contributed by atoms with Gasteiger partial charge in [0.2, 0.25) is 23.7 Å². The number of rotatable bonds is 3. The van der Waals surface area contributed by atoms with Crippen LogP contribution in [0.15, 0.2) is 29.3 Å². The maximum absolute atomic E-state index is 13.1. The maximum atomic E-state index is 13.1. The van der Waals surface area contributed by atoms with Crippen LogP contribution in [0, 0.1) is 5.92 Å². The van der Waals surface area contributed by atoms with E-state index in [1.165, 1.54) is 12.1 Å². The van der Waals surface area contributed by atoms with Gasteiger partial charge in [-0.05, 0) is 25.0 Å². The Morgan fingerprint density at radius 2 is 1.86 bits per heavy atom. The van der Waals surface area contributed by atoms with Gasteiger partial charge in [0.1, 0.15) is 6.04 Å². The molecule has 3 rings (SSSR count). The van der Waals surface area contributed by atoms with Gasteiger partial charge in [0.15, 0.2) is 0 Å². The minimum atomic E-state index is -4.63. The number of carbonyl (C=O) groups excluding carboxylic acids is 3. The highest BCUT2D eigenvalue weighted by Gasteiger charge is 2.35. The lowest BCUT2D eigenvalue weighted by molar-refractivity contribution is -0.137. The van der Waals surface area contributed by atoms with Gasteiger partial charge in [-0.25, -0.2) is 4.99 Å². The van der Waals surface area contributed by atoms with Crippen molar-refractivity contribution in [1.29, 1.82) is 0 Å². The molecule has 2 aliphatic rings. The van der Waals surface area contributed by atoms with Crippen LogP contribution in [0.3, 0.4) is 0 Å². The first-order valence-electron chi connectivity index (χ1n) is 9.04. The smallest absolute Gasteiger partial charge is 0.369 e. The zero-order valence-corrected chi connectivity index (χ0v) is 15.3. The largest absolute Gasteiger partial charge is 0.418 e. The van der Waals surface area contributed by atoms with Crippen LogP contribution in [-0.4, -0.2) is 47.7 Å². The van der Waals surface area contributed by atoms with Gasteiger partial charge < -0.3 is 16.0 Å². The van der Waals surface area contributed by atoms with Crippen molar-refractivity contribution in [3.05, 3.63) is 29.8 Å². The van der Waals surface area contributed by atoms with Crippen molar-refractivity contribution < 1.29 is 27.6 Å². The van der Waals surface area contributed by atoms with E-state index in [-0.39, 0.29) is 24.2 Å². The summed E-state index contributed by atoms with van der Waals surface area (Å²) < 4.78 is 39.3. The van der Waals surface area contributed by atoms with Crippen molar-refractivity contribution in [1.82, 2.24) is 10.2 Å². The van der Waals surface area contributed by atoms with Gasteiger partial charge in [-0.15, -0.1) is 0 Å². The van der Waals surface area contributed by atoms with E-state index in [1.807, 2.05) is 0 Å². The fourth-order valence-corrected chi connectivity index (χ4v) is 3.32. The summed E-state index contributed by atoms with van der Waals surface area (Å²) in [5, 5.41) is 4.80. The fraction of sp³-hybridized carbons (Fsp3) is 0.444. The van der Waals surface area contributed by atoms with Gasteiger partial charge >= 0.3 is 6.18 Å². The number of aliphatic imine (C=N–C) groups is 1. The average molecular weight is 411 g/mol. The van der Waals surface area contributed by atoms with Gasteiger partial charge in [0, 0.05) is 19.0 Å². The summed E-state index contributed by atoms with van der Waals surface area (Å²) in [4.78, 5) is 41.8. The number of hydrogen-bond acceptors (Lipinski definition) is 5. The molecule has 0 aliphatic carbocycles. The Bertz CT molecular complexity index is 847. The molecule has 3 amide bonds. The lowest BCUT2D eigenvalue weighted by Gasteiger charge is -2.34. The molecule has 1 fully saturated rings. The Kier molecular flexibility index (Phi) is 5.76. The van der Waals surface area contributed by atoms with Crippen LogP contribution < -0.4 is 16.4 Å². The average Bonchev–Trinajstić information content (AvgIpc) is 2.67. The lowest BCUT2D eigenvalue weighted by atomic mass is 9.96. The van der Waals surface area contributed by atoms with E-state index >= 15 is 0 Å². The van der Waals surface area contributed by atoms with Crippen LogP contribution in [0.1, 0.15) is 24.8 Å². The molecule has 4 N–H and O–H groups in total. The van der Waals surface area contributed by atoms with Gasteiger partial charge in [-0.1, -0.05) is 12.1 Å². The molecule has 8 nitrogen and oxygen atoms in total. The molecule has 1 unspecified atom stereocenters. The number of likely N-dealkylation sites (tertiary alicyclic amines) is 1. The number of alkyl halides is 3. The highest BCUT2D eigenvalue weighted by atomic mass is 19.4. The number of nitrogens with one attached hydrogen (secondary N) is 2. The Balaban J connectivity index is 1.73. The standard InChI is InChI=1S/C18H20F3N5O3/c19-18(20,21)11-3-1-2-4-12(11)23-16(29)13-9-14(27)25-17(24-13)26-7-5-10(6-8-26)15(22)28/h1-4,10,13H,5-9H2,(H2,22,28)(H,23,29)(H,24,25,27). The summed E-state index contributed by atoms with van der Waals surface area (Å²) in [7, 11) is 0. The first-order valence-corrected chi connectivity index (χ1v) is 9.04. The molecule has 1 atom stereocenters. The molecule has 2 aliphatic heterocycles. The highest BCUT2D eigenvalue weighted by Crippen LogP contribution is 2.34. The number of piperidine rings is 1. The van der Waals surface area contributed by atoms with Crippen LogP contribution in [0.25, 0.3) is 0 Å². The molecule has 0 aromatic heterocycles. The quantitative estimate of drug-likeness (QED) is 0.690. The predicted octanol–water partition coefficient (Wildman–Crippen LogP) is 1.09. The Morgan fingerprint density at radius 1 is 1.21 bits per heavy atom. The third-order valence-corrected chi connectivity index (χ3v) is 4.90. The van der Waals surface area contributed by atoms with E-state index in [2.05, 4.69) is 15.6 Å². The third-order valence-electron chi connectivity index (χ3n) is 4.90. The summed E-state index contributed by atoms with van der Waals surface area (Å²) in [5.41, 5.74) is 3.93. The number of benzene rings is 1. The zero-order chi connectivity index (χ0) is 21.2. The first-order chi connectivity index (χ1) is 13.6. The van der Waals surface area contributed by atoms with Crippen LogP contribution >= 0.6 is 0 Å². The van der Waals surface area contributed by atoms with Gasteiger partial charge in [-0.3, -0.25) is 19.7 Å². The SMILES string of the molecule is NC(=O)C1CCN(C2=NC(C(=O)Nc3ccccc3C(F)(F)F)CC(=O)N2)CC1. The van der Waals surface area contributed by atoms with Crippen molar-refractivity contribution in [3.8, 4) is 0 Å². The molecule has 1 saturated heterocycles. The van der Waals surface area contributed by atoms with Crippen LogP contribution in [0.2, 0.25) is 0 Å². The summed E-state index contributed by atoms with van der Waals surface area (Å²) in [5.74, 6) is -1.74. The molecule has 156 valence electrons. The highest BCUT2D eigenvalue weighted by molar-refractivity contribution is 6.06. The van der Waals surface area contributed by atoms with Gasteiger partial charge in [0.05, 0.1) is 17.7 Å². The fourth-order valence-electron chi connectivity index (χ4n) is 3.32. The summed E-state index contributed by atoms with van der Waals surface area (Å²) in [6.45, 7) is 0.829. The second-order valence-electron chi connectivity index (χ2n) is 6.92. The third kappa shape index (κ3) is 4.84. The lowest BCUT2D eigenvalue weighted by Crippen LogP contribution is -2.53. The van der Waals surface area contributed by atoms with E-state index in [0.717, 1.165) is 12.1 Å². The number of para-hydroxylation sites is 1. The van der Waals surface area contributed by atoms with Crippen molar-refractivity contribution in [3.63, 3.8) is 0 Å². The number of hydrogen-bond donors (Lipinski definition) is 3. The Labute approximate surface area is 164 Å². The number of carbonyl (C=O) groups is 3. The second kappa shape index (κ2) is 8.10. The van der Waals surface area contributed by atoms with E-state index in [1.54, 1.807) is 4.90 Å². The van der Waals surface area contributed by atoms with E-state index in [9.17, 15) is 27.6 Å². The van der Waals surface area contributed by atoms with Gasteiger partial charge in [-0.2, -0.15) is 13.2 Å². The molecule has 1 aromatic rings. The van der Waals surface area contributed by atoms with Crippen LogP contribution in [0.5, 0.6) is 0 Å². The topological polar surface area (TPSA) is 117 Å². The first kappa shape index (κ1) is 20.6. The second-order valence-corrected chi connectivity index (χ2v) is 6.92. The number of nitrogens with two attached hydrogens (primary N) is 1. The molecule has 2 heterocycles. The molecule has 29 heavy (non-hydrogen) atoms. The van der Waals surface area contributed by atoms with E-state index in [0.29, 0.717) is 25.9 Å². The molecular formula is C18H20F3N5O3. The van der Waals surface area contributed by atoms with Crippen molar-refractivity contribution in [2.45, 2.75) is 31.5 Å². The normalized spacial score (nSPS) is 20.7. The molecule has 0 spiro atoms. The van der Waals surface area contributed by atoms with Crippen LogP contribution in [0.4, 0.5) is 18.9 Å². The summed E-state index contributed by atoms with van der Waals surface area (Å²) in [6, 6.07) is 3.44. The molecule has 0 saturated carbocycles. The summed E-state index contributed by atoms with van der Waals surface area (Å²) >= 11 is 0. The Hall–Kier alpha value is -3.11. The summed E-state index contributed by atoms with van der Waals surface area (Å²) in [6.07, 6.45) is -3.94. The maximum Gasteiger partial charge on any atom is 0.418 e. The van der Waals surface area contributed by atoms with E-state index in [4.69, 9.17) is 5.73 Å². The van der Waals surface area contributed by atoms with Crippen LogP contribution in [-0.2, 0) is 20.6 Å². The number of guanidine groups is 1. The zero-order valence-electron chi connectivity index (χ0n) is 15.3. The van der Waals surface area contributed by atoms with Crippen molar-refractivity contribution >= 4 is 29.4 Å². The number of halogens is 3. The molecule has 0 radical (unpaired) electrons. The minimum absolute atomic E-state index is 0.174. The van der Waals surface area contributed by atoms with Gasteiger partial charge in [0.25, 0.3) is 0 Å². The number of nitrogens with zero attached hydrogens (tertiary/aromatic N) is 2.